The number of morpholine rings is 1. The Kier molecular flexibility index (Phi) is 7.50. The van der Waals surface area contributed by atoms with Crippen LogP contribution in [0.25, 0.3) is 0 Å². The van der Waals surface area contributed by atoms with Crippen LogP contribution in [0.2, 0.25) is 0 Å². The molecule has 2 saturated heterocycles. The number of hydrogen-bond donors (Lipinski definition) is 1. The predicted octanol–water partition coefficient (Wildman–Crippen LogP) is 1.99. The fourth-order valence-electron chi connectivity index (χ4n) is 4.14. The molecular formula is C21H33N3O4. The van der Waals surface area contributed by atoms with E-state index in [1.165, 1.54) is 6.26 Å². The van der Waals surface area contributed by atoms with E-state index in [9.17, 15) is 9.59 Å². The van der Waals surface area contributed by atoms with Gasteiger partial charge in [0.15, 0.2) is 5.76 Å². The molecule has 7 nitrogen and oxygen atoms in total. The van der Waals surface area contributed by atoms with Crippen molar-refractivity contribution in [2.75, 3.05) is 45.9 Å². The lowest BCUT2D eigenvalue weighted by atomic mass is 9.96. The van der Waals surface area contributed by atoms with Crippen molar-refractivity contribution in [2.45, 2.75) is 39.2 Å². The number of carbonyl (C=O) groups excluding carboxylic acids is 2. The van der Waals surface area contributed by atoms with Gasteiger partial charge >= 0.3 is 0 Å². The number of nitrogens with one attached hydrogen (secondary N) is 1. The maximum Gasteiger partial charge on any atom is 0.289 e. The molecule has 1 N–H and O–H groups in total. The van der Waals surface area contributed by atoms with Crippen LogP contribution < -0.4 is 5.32 Å². The summed E-state index contributed by atoms with van der Waals surface area (Å²) in [7, 11) is 0. The lowest BCUT2D eigenvalue weighted by Crippen LogP contribution is -2.51. The van der Waals surface area contributed by atoms with Gasteiger partial charge in [0.1, 0.15) is 0 Å². The summed E-state index contributed by atoms with van der Waals surface area (Å²) in [5.74, 6) is 0.677. The van der Waals surface area contributed by atoms with Crippen molar-refractivity contribution >= 4 is 11.8 Å². The van der Waals surface area contributed by atoms with Gasteiger partial charge in [-0.15, -0.1) is 0 Å². The Morgan fingerprint density at radius 1 is 1.25 bits per heavy atom. The molecule has 0 aliphatic carbocycles. The van der Waals surface area contributed by atoms with Gasteiger partial charge in [0.05, 0.1) is 25.4 Å². The van der Waals surface area contributed by atoms with Crippen molar-refractivity contribution in [2.24, 2.45) is 11.8 Å². The first-order valence-corrected chi connectivity index (χ1v) is 10.5. The number of ether oxygens (including phenoxy) is 1. The molecule has 1 aromatic heterocycles. The highest BCUT2D eigenvalue weighted by atomic mass is 16.5. The van der Waals surface area contributed by atoms with E-state index < -0.39 is 0 Å². The third-order valence-corrected chi connectivity index (χ3v) is 5.63. The molecule has 2 atom stereocenters. The number of furan rings is 1. The number of rotatable bonds is 7. The predicted molar refractivity (Wildman–Crippen MR) is 106 cm³/mol. The normalized spacial score (nSPS) is 22.2. The summed E-state index contributed by atoms with van der Waals surface area (Å²) in [6.45, 7) is 9.57. The Morgan fingerprint density at radius 2 is 2.04 bits per heavy atom. The summed E-state index contributed by atoms with van der Waals surface area (Å²) in [5.41, 5.74) is 0. The van der Waals surface area contributed by atoms with Crippen molar-refractivity contribution in [3.05, 3.63) is 24.2 Å². The van der Waals surface area contributed by atoms with Crippen molar-refractivity contribution in [1.29, 1.82) is 0 Å². The average molecular weight is 392 g/mol. The van der Waals surface area contributed by atoms with Gasteiger partial charge in [-0.2, -0.15) is 0 Å². The number of hydrogen-bond acceptors (Lipinski definition) is 5. The maximum absolute atomic E-state index is 12.8. The Morgan fingerprint density at radius 3 is 2.71 bits per heavy atom. The van der Waals surface area contributed by atoms with E-state index in [0.717, 1.165) is 45.6 Å². The van der Waals surface area contributed by atoms with Crippen molar-refractivity contribution in [3.63, 3.8) is 0 Å². The SMILES string of the molecule is CC(C)CC(CNC(=O)C1CCCN(C(=O)c2ccco2)C1)N1CCOCC1. The quantitative estimate of drug-likeness (QED) is 0.769. The van der Waals surface area contributed by atoms with Crippen LogP contribution in [0, 0.1) is 11.8 Å². The topological polar surface area (TPSA) is 75.0 Å². The lowest BCUT2D eigenvalue weighted by molar-refractivity contribution is -0.126. The van der Waals surface area contributed by atoms with Crippen LogP contribution in [0.5, 0.6) is 0 Å². The monoisotopic (exact) mass is 391 g/mol. The molecule has 0 saturated carbocycles. The molecule has 0 aromatic carbocycles. The minimum Gasteiger partial charge on any atom is -0.459 e. The van der Waals surface area contributed by atoms with Crippen LogP contribution in [-0.4, -0.2) is 73.6 Å². The molecular weight excluding hydrogens is 358 g/mol. The van der Waals surface area contributed by atoms with Gasteiger partial charge in [-0.3, -0.25) is 14.5 Å². The smallest absolute Gasteiger partial charge is 0.289 e. The standard InChI is InChI=1S/C21H33N3O4/c1-16(2)13-18(23-8-11-27-12-9-23)14-22-20(25)17-5-3-7-24(15-17)21(26)19-6-4-10-28-19/h4,6,10,16-18H,3,5,7-9,11-15H2,1-2H3,(H,22,25). The average Bonchev–Trinajstić information content (AvgIpc) is 3.25. The second-order valence-electron chi connectivity index (χ2n) is 8.24. The molecule has 28 heavy (non-hydrogen) atoms. The van der Waals surface area contributed by atoms with E-state index in [4.69, 9.17) is 9.15 Å². The molecule has 0 bridgehead atoms. The second-order valence-corrected chi connectivity index (χ2v) is 8.24. The largest absolute Gasteiger partial charge is 0.459 e. The van der Waals surface area contributed by atoms with Crippen LogP contribution in [0.1, 0.15) is 43.7 Å². The fraction of sp³-hybridized carbons (Fsp3) is 0.714. The van der Waals surface area contributed by atoms with Gasteiger partial charge in [0.25, 0.3) is 5.91 Å². The number of likely N-dealkylation sites (tertiary alicyclic amines) is 1. The molecule has 0 radical (unpaired) electrons. The van der Waals surface area contributed by atoms with Crippen LogP contribution >= 0.6 is 0 Å². The van der Waals surface area contributed by atoms with Crippen molar-refractivity contribution in [3.8, 4) is 0 Å². The zero-order valence-corrected chi connectivity index (χ0v) is 17.1. The summed E-state index contributed by atoms with van der Waals surface area (Å²) >= 11 is 0. The molecule has 0 spiro atoms. The molecule has 7 heteroatoms. The Bertz CT molecular complexity index is 626. The van der Waals surface area contributed by atoms with E-state index in [1.807, 2.05) is 0 Å². The summed E-state index contributed by atoms with van der Waals surface area (Å²) in [4.78, 5) is 29.5. The zero-order valence-electron chi connectivity index (χ0n) is 17.1. The fourth-order valence-corrected chi connectivity index (χ4v) is 4.14. The zero-order chi connectivity index (χ0) is 19.9. The highest BCUT2D eigenvalue weighted by Gasteiger charge is 2.30. The third-order valence-electron chi connectivity index (χ3n) is 5.63. The van der Waals surface area contributed by atoms with Crippen LogP contribution in [0.3, 0.4) is 0 Å². The molecule has 3 heterocycles. The van der Waals surface area contributed by atoms with Gasteiger partial charge in [-0.1, -0.05) is 13.8 Å². The van der Waals surface area contributed by atoms with E-state index in [2.05, 4.69) is 24.1 Å². The Balaban J connectivity index is 1.52. The Hall–Kier alpha value is -1.86. The maximum atomic E-state index is 12.8. The highest BCUT2D eigenvalue weighted by molar-refractivity contribution is 5.92. The van der Waals surface area contributed by atoms with Crippen LogP contribution in [0.15, 0.2) is 22.8 Å². The van der Waals surface area contributed by atoms with Gasteiger partial charge in [0.2, 0.25) is 5.91 Å². The number of piperidine rings is 1. The van der Waals surface area contributed by atoms with E-state index >= 15 is 0 Å². The van der Waals surface area contributed by atoms with Crippen LogP contribution in [-0.2, 0) is 9.53 Å². The second kappa shape index (κ2) is 10.1. The number of amides is 2. The molecule has 2 fully saturated rings. The first kappa shape index (κ1) is 20.9. The minimum absolute atomic E-state index is 0.0546. The third kappa shape index (κ3) is 5.58. The molecule has 2 unspecified atom stereocenters. The number of carbonyl (C=O) groups is 2. The molecule has 3 rings (SSSR count). The summed E-state index contributed by atoms with van der Waals surface area (Å²) in [6.07, 6.45) is 4.21. The first-order chi connectivity index (χ1) is 13.5. The van der Waals surface area contributed by atoms with Gasteiger partial charge < -0.3 is 19.4 Å². The van der Waals surface area contributed by atoms with Crippen LogP contribution in [0.4, 0.5) is 0 Å². The van der Waals surface area contributed by atoms with Gasteiger partial charge in [0, 0.05) is 38.8 Å². The molecule has 2 amide bonds. The van der Waals surface area contributed by atoms with Gasteiger partial charge in [-0.25, -0.2) is 0 Å². The molecule has 2 aliphatic rings. The lowest BCUT2D eigenvalue weighted by Gasteiger charge is -2.36. The first-order valence-electron chi connectivity index (χ1n) is 10.5. The van der Waals surface area contributed by atoms with E-state index in [-0.39, 0.29) is 17.7 Å². The van der Waals surface area contributed by atoms with Crippen molar-refractivity contribution in [1.82, 2.24) is 15.1 Å². The summed E-state index contributed by atoms with van der Waals surface area (Å²) in [6, 6.07) is 3.71. The molecule has 156 valence electrons. The molecule has 1 aromatic rings. The Labute approximate surface area is 167 Å². The van der Waals surface area contributed by atoms with Gasteiger partial charge in [-0.05, 0) is 37.3 Å². The minimum atomic E-state index is -0.156. The molecule has 2 aliphatic heterocycles. The summed E-state index contributed by atoms with van der Waals surface area (Å²) < 4.78 is 10.7. The highest BCUT2D eigenvalue weighted by Crippen LogP contribution is 2.20. The summed E-state index contributed by atoms with van der Waals surface area (Å²) in [5, 5.41) is 3.17. The number of nitrogens with zero attached hydrogens (tertiary/aromatic N) is 2. The van der Waals surface area contributed by atoms with E-state index in [0.29, 0.717) is 37.4 Å². The van der Waals surface area contributed by atoms with E-state index in [1.54, 1.807) is 17.0 Å². The van der Waals surface area contributed by atoms with Crippen molar-refractivity contribution < 1.29 is 18.7 Å².